The predicted octanol–water partition coefficient (Wildman–Crippen LogP) is 1.41. The number of piperidine rings is 1. The molecule has 0 bridgehead atoms. The van der Waals surface area contributed by atoms with Gasteiger partial charge in [-0.05, 0) is 12.8 Å². The first-order chi connectivity index (χ1) is 15.0. The molecular weight excluding hydrogens is 434 g/mol. The van der Waals surface area contributed by atoms with Gasteiger partial charge in [0, 0.05) is 50.2 Å². The van der Waals surface area contributed by atoms with Crippen LogP contribution < -0.4 is 5.73 Å². The Balaban J connectivity index is 1.72. The van der Waals surface area contributed by atoms with Crippen molar-refractivity contribution < 1.29 is 32.3 Å². The number of nitrogens with zero attached hydrogens (tertiary/aromatic N) is 4. The van der Waals surface area contributed by atoms with Gasteiger partial charge in [0.1, 0.15) is 17.9 Å². The maximum Gasteiger partial charge on any atom is 0.397 e. The van der Waals surface area contributed by atoms with E-state index in [-0.39, 0.29) is 43.6 Å². The van der Waals surface area contributed by atoms with Gasteiger partial charge in [0.2, 0.25) is 11.8 Å². The number of carbonyl (C=O) groups is 2. The minimum absolute atomic E-state index is 0.0401. The Morgan fingerprint density at radius 2 is 2.12 bits per heavy atom. The van der Waals surface area contributed by atoms with Crippen LogP contribution >= 0.6 is 0 Å². The minimum Gasteiger partial charge on any atom is -0.370 e. The lowest BCUT2D eigenvalue weighted by molar-refractivity contribution is -0.162. The number of hydrogen-bond donors (Lipinski definition) is 2. The first-order valence-corrected chi connectivity index (χ1v) is 10.6. The Kier molecular flexibility index (Phi) is 7.33. The Morgan fingerprint density at radius 3 is 2.78 bits per heavy atom. The van der Waals surface area contributed by atoms with Crippen molar-refractivity contribution in [1.82, 2.24) is 19.8 Å². The standard InChI is InChI=1S/C20H27F4N5O3/c1-2-3-16-26-7-12-13(20(22,23)24)9-28(10-15(12)27-16)18(31)6-11(25)8-29-17(30)5-4-14(21)19(29)32/h7,11,13-14,19,32H,2-6,8-10,25H2,1H3. The smallest absolute Gasteiger partial charge is 0.370 e. The first-order valence-electron chi connectivity index (χ1n) is 10.6. The molecule has 0 aliphatic carbocycles. The lowest BCUT2D eigenvalue weighted by Gasteiger charge is -2.37. The highest BCUT2D eigenvalue weighted by atomic mass is 19.4. The van der Waals surface area contributed by atoms with Gasteiger partial charge in [0.25, 0.3) is 0 Å². The minimum atomic E-state index is -4.59. The third-order valence-corrected chi connectivity index (χ3v) is 5.76. The normalized spacial score (nSPS) is 25.0. The lowest BCUT2D eigenvalue weighted by atomic mass is 9.93. The van der Waals surface area contributed by atoms with Crippen molar-refractivity contribution in [2.45, 2.75) is 76.1 Å². The molecule has 0 saturated carbocycles. The topological polar surface area (TPSA) is 113 Å². The van der Waals surface area contributed by atoms with E-state index in [4.69, 9.17) is 5.73 Å². The summed E-state index contributed by atoms with van der Waals surface area (Å²) in [6.45, 7) is 0.927. The summed E-state index contributed by atoms with van der Waals surface area (Å²) in [7, 11) is 0. The maximum atomic E-state index is 13.7. The Labute approximate surface area is 182 Å². The zero-order valence-electron chi connectivity index (χ0n) is 17.7. The summed E-state index contributed by atoms with van der Waals surface area (Å²) >= 11 is 0. The summed E-state index contributed by atoms with van der Waals surface area (Å²) < 4.78 is 54.7. The largest absolute Gasteiger partial charge is 0.397 e. The second-order valence-corrected chi connectivity index (χ2v) is 8.29. The molecule has 12 heteroatoms. The van der Waals surface area contributed by atoms with Crippen molar-refractivity contribution in [3.05, 3.63) is 23.3 Å². The van der Waals surface area contributed by atoms with E-state index in [0.29, 0.717) is 12.2 Å². The highest BCUT2D eigenvalue weighted by molar-refractivity contribution is 5.79. The molecule has 0 aromatic carbocycles. The van der Waals surface area contributed by atoms with Crippen LogP contribution in [0, 0.1) is 0 Å². The molecule has 4 atom stereocenters. The lowest BCUT2D eigenvalue weighted by Crippen LogP contribution is -2.54. The van der Waals surface area contributed by atoms with E-state index in [9.17, 15) is 32.3 Å². The second kappa shape index (κ2) is 9.65. The molecule has 1 aromatic heterocycles. The molecule has 3 heterocycles. The van der Waals surface area contributed by atoms with Crippen LogP contribution in [0.5, 0.6) is 0 Å². The van der Waals surface area contributed by atoms with Crippen molar-refractivity contribution in [3.8, 4) is 0 Å². The number of fused-ring (bicyclic) bond motifs is 1. The van der Waals surface area contributed by atoms with E-state index >= 15 is 0 Å². The van der Waals surface area contributed by atoms with E-state index in [2.05, 4.69) is 9.97 Å². The van der Waals surface area contributed by atoms with Gasteiger partial charge in [0.15, 0.2) is 6.23 Å². The van der Waals surface area contributed by atoms with Crippen molar-refractivity contribution in [1.29, 1.82) is 0 Å². The molecule has 2 aliphatic rings. The summed E-state index contributed by atoms with van der Waals surface area (Å²) in [4.78, 5) is 34.9. The zero-order valence-corrected chi connectivity index (χ0v) is 17.7. The number of aliphatic hydroxyl groups is 1. The molecule has 178 valence electrons. The van der Waals surface area contributed by atoms with Crippen LogP contribution in [-0.2, 0) is 22.6 Å². The highest BCUT2D eigenvalue weighted by Crippen LogP contribution is 2.39. The fourth-order valence-corrected chi connectivity index (χ4v) is 4.04. The molecule has 32 heavy (non-hydrogen) atoms. The average Bonchev–Trinajstić information content (AvgIpc) is 2.72. The number of amides is 2. The van der Waals surface area contributed by atoms with Gasteiger partial charge < -0.3 is 20.6 Å². The van der Waals surface area contributed by atoms with Gasteiger partial charge in [-0.15, -0.1) is 0 Å². The van der Waals surface area contributed by atoms with E-state index in [0.717, 1.165) is 16.2 Å². The summed E-state index contributed by atoms with van der Waals surface area (Å²) in [6, 6.07) is -0.974. The van der Waals surface area contributed by atoms with Crippen LogP contribution in [-0.4, -0.2) is 74.4 Å². The van der Waals surface area contributed by atoms with Crippen LogP contribution in [0.25, 0.3) is 0 Å². The molecule has 1 aromatic rings. The molecular formula is C20H27F4N5O3. The molecule has 4 unspecified atom stereocenters. The van der Waals surface area contributed by atoms with E-state index in [1.165, 1.54) is 6.20 Å². The van der Waals surface area contributed by atoms with Crippen molar-refractivity contribution in [2.75, 3.05) is 13.1 Å². The average molecular weight is 461 g/mol. The highest BCUT2D eigenvalue weighted by Gasteiger charge is 2.46. The molecule has 3 rings (SSSR count). The number of alkyl halides is 4. The fraction of sp³-hybridized carbons (Fsp3) is 0.700. The van der Waals surface area contributed by atoms with Gasteiger partial charge >= 0.3 is 6.18 Å². The Morgan fingerprint density at radius 1 is 1.41 bits per heavy atom. The summed E-state index contributed by atoms with van der Waals surface area (Å²) in [5, 5.41) is 9.88. The SMILES string of the molecule is CCCc1ncc2c(n1)CN(C(=O)CC(N)CN1C(=O)CCC(F)C1O)CC2C(F)(F)F. The Bertz CT molecular complexity index is 853. The number of hydrogen-bond acceptors (Lipinski definition) is 6. The van der Waals surface area contributed by atoms with Crippen molar-refractivity contribution in [2.24, 2.45) is 5.73 Å². The van der Waals surface area contributed by atoms with Crippen LogP contribution in [0.4, 0.5) is 17.6 Å². The van der Waals surface area contributed by atoms with Crippen LogP contribution in [0.2, 0.25) is 0 Å². The zero-order chi connectivity index (χ0) is 23.6. The number of aliphatic hydroxyl groups excluding tert-OH is 1. The van der Waals surface area contributed by atoms with Crippen LogP contribution in [0.15, 0.2) is 6.20 Å². The number of aromatic nitrogens is 2. The maximum absolute atomic E-state index is 13.7. The van der Waals surface area contributed by atoms with Crippen molar-refractivity contribution in [3.63, 3.8) is 0 Å². The van der Waals surface area contributed by atoms with E-state index < -0.39 is 48.9 Å². The second-order valence-electron chi connectivity index (χ2n) is 8.29. The number of nitrogens with two attached hydrogens (primary N) is 1. The summed E-state index contributed by atoms with van der Waals surface area (Å²) in [6.07, 6.45) is -5.99. The molecule has 1 saturated heterocycles. The monoisotopic (exact) mass is 461 g/mol. The fourth-order valence-electron chi connectivity index (χ4n) is 4.04. The third kappa shape index (κ3) is 5.34. The predicted molar refractivity (Wildman–Crippen MR) is 105 cm³/mol. The van der Waals surface area contributed by atoms with E-state index in [1.54, 1.807) is 0 Å². The molecule has 0 radical (unpaired) electrons. The number of aryl methyl sites for hydroxylation is 1. The summed E-state index contributed by atoms with van der Waals surface area (Å²) in [5.74, 6) is -2.63. The van der Waals surface area contributed by atoms with Gasteiger partial charge in [-0.3, -0.25) is 9.59 Å². The van der Waals surface area contributed by atoms with Crippen molar-refractivity contribution >= 4 is 11.8 Å². The first kappa shape index (κ1) is 24.3. The van der Waals surface area contributed by atoms with Gasteiger partial charge in [0.05, 0.1) is 12.2 Å². The van der Waals surface area contributed by atoms with Gasteiger partial charge in [-0.25, -0.2) is 14.4 Å². The molecule has 0 spiro atoms. The molecule has 2 amide bonds. The molecule has 3 N–H and O–H groups in total. The third-order valence-electron chi connectivity index (χ3n) is 5.76. The molecule has 1 fully saturated rings. The molecule has 8 nitrogen and oxygen atoms in total. The van der Waals surface area contributed by atoms with Crippen LogP contribution in [0.3, 0.4) is 0 Å². The van der Waals surface area contributed by atoms with E-state index in [1.807, 2.05) is 6.92 Å². The Hall–Kier alpha value is -2.34. The van der Waals surface area contributed by atoms with Gasteiger partial charge in [-0.1, -0.05) is 6.92 Å². The quantitative estimate of drug-likeness (QED) is 0.620. The molecule has 2 aliphatic heterocycles. The van der Waals surface area contributed by atoms with Crippen LogP contribution in [0.1, 0.15) is 55.6 Å². The number of carbonyl (C=O) groups excluding carboxylic acids is 2. The number of halogens is 4. The summed E-state index contributed by atoms with van der Waals surface area (Å²) in [5.41, 5.74) is 6.05. The number of likely N-dealkylation sites (tertiary alicyclic amines) is 1. The van der Waals surface area contributed by atoms with Gasteiger partial charge in [-0.2, -0.15) is 13.2 Å². The number of rotatable bonds is 6.